The topological polar surface area (TPSA) is 12.0 Å². The molecule has 0 unspecified atom stereocenters. The molecular weight excluding hydrogens is 278 g/mol. The van der Waals surface area contributed by atoms with Gasteiger partial charge in [0.15, 0.2) is 0 Å². The number of unbranched alkanes of at least 4 members (excludes halogenated alkanes) is 4. The van der Waals surface area contributed by atoms with E-state index in [1.807, 2.05) is 0 Å². The second-order valence-electron chi connectivity index (χ2n) is 6.43. The summed E-state index contributed by atoms with van der Waals surface area (Å²) in [7, 11) is 0. The van der Waals surface area contributed by atoms with Crippen LogP contribution in [0.3, 0.4) is 0 Å². The van der Waals surface area contributed by atoms with Crippen LogP contribution in [0.2, 0.25) is 0 Å². The van der Waals surface area contributed by atoms with E-state index in [1.54, 1.807) is 0 Å². The molecule has 1 heteroatoms. The highest BCUT2D eigenvalue weighted by molar-refractivity contribution is 5.60. The van der Waals surface area contributed by atoms with Gasteiger partial charge in [-0.2, -0.15) is 0 Å². The number of hydrogen-bond acceptors (Lipinski definition) is 1. The zero-order chi connectivity index (χ0) is 16.3. The molecule has 1 nitrogen and oxygen atoms in total. The van der Waals surface area contributed by atoms with Crippen molar-refractivity contribution in [2.45, 2.75) is 65.2 Å². The van der Waals surface area contributed by atoms with Crippen molar-refractivity contribution < 1.29 is 0 Å². The van der Waals surface area contributed by atoms with Crippen molar-refractivity contribution in [3.8, 4) is 0 Å². The van der Waals surface area contributed by atoms with Crippen LogP contribution in [-0.2, 0) is 12.8 Å². The van der Waals surface area contributed by atoms with Crippen molar-refractivity contribution in [2.75, 3.05) is 5.32 Å². The van der Waals surface area contributed by atoms with Gasteiger partial charge in [-0.3, -0.25) is 0 Å². The highest BCUT2D eigenvalue weighted by Gasteiger charge is 1.98. The van der Waals surface area contributed by atoms with Gasteiger partial charge in [0.05, 0.1) is 0 Å². The van der Waals surface area contributed by atoms with E-state index in [1.165, 1.54) is 73.9 Å². The summed E-state index contributed by atoms with van der Waals surface area (Å²) in [5, 5.41) is 3.49. The van der Waals surface area contributed by atoms with Gasteiger partial charge >= 0.3 is 0 Å². The summed E-state index contributed by atoms with van der Waals surface area (Å²) in [4.78, 5) is 0. The molecule has 0 heterocycles. The Bertz CT molecular complexity index is 488. The van der Waals surface area contributed by atoms with Crippen molar-refractivity contribution in [1.29, 1.82) is 0 Å². The van der Waals surface area contributed by atoms with E-state index >= 15 is 0 Å². The predicted molar refractivity (Wildman–Crippen MR) is 103 cm³/mol. The van der Waals surface area contributed by atoms with Gasteiger partial charge in [0.1, 0.15) is 0 Å². The number of rotatable bonds is 10. The summed E-state index contributed by atoms with van der Waals surface area (Å²) >= 11 is 0. The first-order valence-electron chi connectivity index (χ1n) is 9.26. The number of hydrogen-bond donors (Lipinski definition) is 1. The standard InChI is InChI=1S/C22H31N/c1-3-5-7-9-19-11-15-21(16-12-19)23-22-17-13-20(14-18-22)10-8-6-4-2/h11-18,23H,3-10H2,1-2H3. The van der Waals surface area contributed by atoms with E-state index in [0.29, 0.717) is 0 Å². The lowest BCUT2D eigenvalue weighted by atomic mass is 10.1. The van der Waals surface area contributed by atoms with Gasteiger partial charge in [-0.05, 0) is 61.1 Å². The Morgan fingerprint density at radius 2 is 0.957 bits per heavy atom. The van der Waals surface area contributed by atoms with Crippen molar-refractivity contribution in [2.24, 2.45) is 0 Å². The molecule has 0 saturated carbocycles. The Morgan fingerprint density at radius 1 is 0.565 bits per heavy atom. The molecule has 0 aliphatic heterocycles. The highest BCUT2D eigenvalue weighted by Crippen LogP contribution is 2.19. The molecule has 2 rings (SSSR count). The number of nitrogens with one attached hydrogen (secondary N) is 1. The van der Waals surface area contributed by atoms with E-state index in [2.05, 4.69) is 67.7 Å². The van der Waals surface area contributed by atoms with Crippen LogP contribution in [0, 0.1) is 0 Å². The molecule has 0 bridgehead atoms. The van der Waals surface area contributed by atoms with Crippen LogP contribution in [-0.4, -0.2) is 0 Å². The summed E-state index contributed by atoms with van der Waals surface area (Å²) in [5.41, 5.74) is 5.22. The fourth-order valence-electron chi connectivity index (χ4n) is 2.83. The van der Waals surface area contributed by atoms with E-state index in [4.69, 9.17) is 0 Å². The summed E-state index contributed by atoms with van der Waals surface area (Å²) in [5.74, 6) is 0. The molecule has 2 aromatic rings. The quantitative estimate of drug-likeness (QED) is 0.471. The molecule has 0 spiro atoms. The molecule has 0 aliphatic rings. The molecule has 0 aliphatic carbocycles. The monoisotopic (exact) mass is 309 g/mol. The Morgan fingerprint density at radius 3 is 1.30 bits per heavy atom. The molecule has 1 N–H and O–H groups in total. The molecule has 2 aromatic carbocycles. The van der Waals surface area contributed by atoms with Crippen LogP contribution in [0.1, 0.15) is 63.5 Å². The van der Waals surface area contributed by atoms with E-state index in [0.717, 1.165) is 0 Å². The zero-order valence-electron chi connectivity index (χ0n) is 14.8. The molecule has 0 saturated heterocycles. The lowest BCUT2D eigenvalue weighted by molar-refractivity contribution is 0.717. The third kappa shape index (κ3) is 6.48. The van der Waals surface area contributed by atoms with Crippen LogP contribution in [0.25, 0.3) is 0 Å². The molecule has 0 amide bonds. The summed E-state index contributed by atoms with van der Waals surface area (Å²) in [6, 6.07) is 17.8. The molecule has 0 radical (unpaired) electrons. The fourth-order valence-corrected chi connectivity index (χ4v) is 2.83. The smallest absolute Gasteiger partial charge is 0.0384 e. The third-order valence-corrected chi connectivity index (χ3v) is 4.33. The Kier molecular flexibility index (Phi) is 7.72. The van der Waals surface area contributed by atoms with E-state index in [9.17, 15) is 0 Å². The van der Waals surface area contributed by atoms with Crippen LogP contribution in [0.15, 0.2) is 48.5 Å². The second-order valence-corrected chi connectivity index (χ2v) is 6.43. The molecule has 0 aromatic heterocycles. The van der Waals surface area contributed by atoms with Gasteiger partial charge in [-0.25, -0.2) is 0 Å². The van der Waals surface area contributed by atoms with Crippen molar-refractivity contribution >= 4 is 11.4 Å². The average Bonchev–Trinajstić information content (AvgIpc) is 2.58. The normalized spacial score (nSPS) is 10.7. The number of benzene rings is 2. The Balaban J connectivity index is 1.84. The first-order valence-corrected chi connectivity index (χ1v) is 9.26. The number of anilines is 2. The van der Waals surface area contributed by atoms with Crippen LogP contribution in [0.4, 0.5) is 11.4 Å². The lowest BCUT2D eigenvalue weighted by Crippen LogP contribution is -1.92. The predicted octanol–water partition coefficient (Wildman–Crippen LogP) is 6.90. The van der Waals surface area contributed by atoms with Gasteiger partial charge in [-0.1, -0.05) is 63.8 Å². The largest absolute Gasteiger partial charge is 0.356 e. The number of aryl methyl sites for hydroxylation is 2. The Labute approximate surface area is 142 Å². The van der Waals surface area contributed by atoms with Crippen LogP contribution in [0.5, 0.6) is 0 Å². The first-order chi connectivity index (χ1) is 11.3. The van der Waals surface area contributed by atoms with Crippen molar-refractivity contribution in [3.05, 3.63) is 59.7 Å². The minimum atomic E-state index is 1.17. The van der Waals surface area contributed by atoms with E-state index < -0.39 is 0 Å². The van der Waals surface area contributed by atoms with Gasteiger partial charge in [0.25, 0.3) is 0 Å². The highest BCUT2D eigenvalue weighted by atomic mass is 14.9. The van der Waals surface area contributed by atoms with E-state index in [-0.39, 0.29) is 0 Å². The second kappa shape index (κ2) is 10.1. The third-order valence-electron chi connectivity index (χ3n) is 4.33. The molecule has 23 heavy (non-hydrogen) atoms. The molecule has 124 valence electrons. The molecular formula is C22H31N. The minimum absolute atomic E-state index is 1.17. The van der Waals surface area contributed by atoms with Gasteiger partial charge in [0, 0.05) is 11.4 Å². The SMILES string of the molecule is CCCCCc1ccc(Nc2ccc(CCCCC)cc2)cc1. The van der Waals surface area contributed by atoms with Gasteiger partial charge in [-0.15, -0.1) is 0 Å². The van der Waals surface area contributed by atoms with Crippen molar-refractivity contribution in [1.82, 2.24) is 0 Å². The van der Waals surface area contributed by atoms with Gasteiger partial charge in [0.2, 0.25) is 0 Å². The summed E-state index contributed by atoms with van der Waals surface area (Å²) < 4.78 is 0. The fraction of sp³-hybridized carbons (Fsp3) is 0.455. The van der Waals surface area contributed by atoms with Crippen LogP contribution >= 0.6 is 0 Å². The van der Waals surface area contributed by atoms with Gasteiger partial charge < -0.3 is 5.32 Å². The zero-order valence-corrected chi connectivity index (χ0v) is 14.8. The molecule has 0 atom stereocenters. The maximum Gasteiger partial charge on any atom is 0.0384 e. The minimum Gasteiger partial charge on any atom is -0.356 e. The maximum absolute atomic E-state index is 3.49. The van der Waals surface area contributed by atoms with Crippen LogP contribution < -0.4 is 5.32 Å². The summed E-state index contributed by atoms with van der Waals surface area (Å²) in [6.07, 6.45) is 10.2. The summed E-state index contributed by atoms with van der Waals surface area (Å²) in [6.45, 7) is 4.50. The maximum atomic E-state index is 3.49. The average molecular weight is 309 g/mol. The molecule has 0 fully saturated rings. The lowest BCUT2D eigenvalue weighted by Gasteiger charge is -2.09. The van der Waals surface area contributed by atoms with Crippen molar-refractivity contribution in [3.63, 3.8) is 0 Å². The Hall–Kier alpha value is -1.76. The first kappa shape index (κ1) is 17.6.